The molecule has 1 aromatic heterocycles. The van der Waals surface area contributed by atoms with E-state index in [9.17, 15) is 9.59 Å². The van der Waals surface area contributed by atoms with Crippen LogP contribution in [0.5, 0.6) is 5.75 Å². The summed E-state index contributed by atoms with van der Waals surface area (Å²) in [5.74, 6) is 0.591. The van der Waals surface area contributed by atoms with E-state index in [0.29, 0.717) is 22.5 Å². The molecule has 5 N–H and O–H groups in total. The number of aromatic amines is 1. The number of ether oxygens (including phenoxy) is 1. The van der Waals surface area contributed by atoms with Crippen molar-refractivity contribution in [3.63, 3.8) is 0 Å². The third-order valence-electron chi connectivity index (χ3n) is 4.50. The van der Waals surface area contributed by atoms with E-state index < -0.39 is 6.03 Å². The summed E-state index contributed by atoms with van der Waals surface area (Å²) < 4.78 is 5.18. The predicted octanol–water partition coefficient (Wildman–Crippen LogP) is 3.67. The molecular formula is C21H18N4O3. The van der Waals surface area contributed by atoms with Crippen LogP contribution in [0.2, 0.25) is 0 Å². The standard InChI is InChI=1S/C21H18N4O3/c1-28-16-5-2-12(3-6-16)13-8-15(23-11-13)10-18-17-9-14(24-21(22)27)4-7-19(17)25-20(18)26/h2-11,23H,1H3,(H,25,26)(H3,22,24,27)/b18-10-. The number of urea groups is 1. The molecule has 7 nitrogen and oxygen atoms in total. The van der Waals surface area contributed by atoms with Crippen molar-refractivity contribution in [3.8, 4) is 16.9 Å². The summed E-state index contributed by atoms with van der Waals surface area (Å²) in [4.78, 5) is 26.7. The van der Waals surface area contributed by atoms with E-state index in [1.807, 2.05) is 36.5 Å². The molecule has 0 bridgehead atoms. The minimum atomic E-state index is -0.656. The van der Waals surface area contributed by atoms with Gasteiger partial charge in [-0.1, -0.05) is 12.1 Å². The molecule has 3 aromatic rings. The summed E-state index contributed by atoms with van der Waals surface area (Å²) in [5, 5.41) is 5.34. The summed E-state index contributed by atoms with van der Waals surface area (Å²) in [7, 11) is 1.63. The van der Waals surface area contributed by atoms with Gasteiger partial charge in [0.05, 0.1) is 12.7 Å². The van der Waals surface area contributed by atoms with Crippen molar-refractivity contribution in [2.45, 2.75) is 0 Å². The van der Waals surface area contributed by atoms with Gasteiger partial charge >= 0.3 is 6.03 Å². The number of fused-ring (bicyclic) bond motifs is 1. The maximum atomic E-state index is 12.4. The van der Waals surface area contributed by atoms with Crippen LogP contribution in [0.4, 0.5) is 16.2 Å². The van der Waals surface area contributed by atoms with E-state index in [-0.39, 0.29) is 5.91 Å². The van der Waals surface area contributed by atoms with Crippen molar-refractivity contribution < 1.29 is 14.3 Å². The van der Waals surface area contributed by atoms with E-state index in [1.54, 1.807) is 31.4 Å². The van der Waals surface area contributed by atoms with Crippen LogP contribution in [-0.2, 0) is 4.79 Å². The first-order valence-electron chi connectivity index (χ1n) is 8.60. The predicted molar refractivity (Wildman–Crippen MR) is 109 cm³/mol. The number of carbonyl (C=O) groups excluding carboxylic acids is 2. The molecule has 0 unspecified atom stereocenters. The lowest BCUT2D eigenvalue weighted by Crippen LogP contribution is -2.19. The quantitative estimate of drug-likeness (QED) is 0.523. The molecule has 0 radical (unpaired) electrons. The van der Waals surface area contributed by atoms with Gasteiger partial charge in [0.25, 0.3) is 5.91 Å². The zero-order chi connectivity index (χ0) is 19.7. The lowest BCUT2D eigenvalue weighted by molar-refractivity contribution is -0.110. The van der Waals surface area contributed by atoms with Crippen LogP contribution in [0.1, 0.15) is 11.3 Å². The minimum Gasteiger partial charge on any atom is -0.497 e. The Kier molecular flexibility index (Phi) is 4.33. The molecule has 140 valence electrons. The van der Waals surface area contributed by atoms with Gasteiger partial charge in [0.1, 0.15) is 5.75 Å². The van der Waals surface area contributed by atoms with Gasteiger partial charge in [-0.25, -0.2) is 4.79 Å². The van der Waals surface area contributed by atoms with E-state index in [4.69, 9.17) is 10.5 Å². The van der Waals surface area contributed by atoms with E-state index in [2.05, 4.69) is 15.6 Å². The third kappa shape index (κ3) is 3.33. The van der Waals surface area contributed by atoms with Gasteiger partial charge in [0, 0.05) is 28.8 Å². The second-order valence-corrected chi connectivity index (χ2v) is 6.33. The summed E-state index contributed by atoms with van der Waals surface area (Å²) >= 11 is 0. The molecule has 1 aliphatic rings. The molecule has 28 heavy (non-hydrogen) atoms. The SMILES string of the molecule is COc1ccc(-c2c[nH]c(/C=C3\C(=O)Nc4ccc(NC(N)=O)cc43)c2)cc1. The summed E-state index contributed by atoms with van der Waals surface area (Å²) in [6, 6.07) is 14.2. The van der Waals surface area contributed by atoms with Crippen molar-refractivity contribution in [1.82, 2.24) is 4.98 Å². The topological polar surface area (TPSA) is 109 Å². The number of aromatic nitrogens is 1. The van der Waals surface area contributed by atoms with Gasteiger partial charge in [-0.05, 0) is 53.6 Å². The number of methoxy groups -OCH3 is 1. The number of H-pyrrole nitrogens is 1. The van der Waals surface area contributed by atoms with Crippen LogP contribution < -0.4 is 21.1 Å². The van der Waals surface area contributed by atoms with Crippen LogP contribution in [0.3, 0.4) is 0 Å². The maximum Gasteiger partial charge on any atom is 0.316 e. The fourth-order valence-electron chi connectivity index (χ4n) is 3.15. The highest BCUT2D eigenvalue weighted by molar-refractivity contribution is 6.35. The van der Waals surface area contributed by atoms with E-state index in [0.717, 1.165) is 22.6 Å². The molecule has 0 saturated heterocycles. The maximum absolute atomic E-state index is 12.4. The number of hydrogen-bond acceptors (Lipinski definition) is 3. The molecular weight excluding hydrogens is 356 g/mol. The molecule has 2 aromatic carbocycles. The Labute approximate surface area is 161 Å². The zero-order valence-corrected chi connectivity index (χ0v) is 15.1. The monoisotopic (exact) mass is 374 g/mol. The fraction of sp³-hybridized carbons (Fsp3) is 0.0476. The number of benzene rings is 2. The number of anilines is 2. The van der Waals surface area contributed by atoms with Crippen LogP contribution in [0.25, 0.3) is 22.8 Å². The molecule has 0 atom stereocenters. The lowest BCUT2D eigenvalue weighted by Gasteiger charge is -2.04. The average Bonchev–Trinajstić information content (AvgIpc) is 3.27. The highest BCUT2D eigenvalue weighted by Crippen LogP contribution is 2.35. The highest BCUT2D eigenvalue weighted by atomic mass is 16.5. The molecule has 0 fully saturated rings. The smallest absolute Gasteiger partial charge is 0.316 e. The van der Waals surface area contributed by atoms with Crippen molar-refractivity contribution in [1.29, 1.82) is 0 Å². The molecule has 2 heterocycles. The molecule has 3 amide bonds. The molecule has 7 heteroatoms. The Morgan fingerprint density at radius 2 is 1.89 bits per heavy atom. The second-order valence-electron chi connectivity index (χ2n) is 6.33. The van der Waals surface area contributed by atoms with Gasteiger partial charge in [0.15, 0.2) is 0 Å². The summed E-state index contributed by atoms with van der Waals surface area (Å²) in [6.45, 7) is 0. The van der Waals surface area contributed by atoms with E-state index >= 15 is 0 Å². The second kappa shape index (κ2) is 6.96. The summed E-state index contributed by atoms with van der Waals surface area (Å²) in [5.41, 5.74) is 10.4. The number of hydrogen-bond donors (Lipinski definition) is 4. The van der Waals surface area contributed by atoms with Crippen LogP contribution in [0.15, 0.2) is 54.7 Å². The molecule has 1 aliphatic heterocycles. The Balaban J connectivity index is 1.65. The van der Waals surface area contributed by atoms with Crippen molar-refractivity contribution in [2.24, 2.45) is 5.73 Å². The van der Waals surface area contributed by atoms with Crippen LogP contribution in [0, 0.1) is 0 Å². The molecule has 0 spiro atoms. The molecule has 0 saturated carbocycles. The van der Waals surface area contributed by atoms with Crippen LogP contribution >= 0.6 is 0 Å². The van der Waals surface area contributed by atoms with E-state index in [1.165, 1.54) is 0 Å². The minimum absolute atomic E-state index is 0.202. The Morgan fingerprint density at radius 3 is 2.61 bits per heavy atom. The highest BCUT2D eigenvalue weighted by Gasteiger charge is 2.24. The Morgan fingerprint density at radius 1 is 1.11 bits per heavy atom. The average molecular weight is 374 g/mol. The first-order chi connectivity index (χ1) is 13.5. The number of amides is 3. The first kappa shape index (κ1) is 17.4. The normalized spacial score (nSPS) is 13.9. The number of primary amides is 1. The van der Waals surface area contributed by atoms with Gasteiger partial charge in [-0.2, -0.15) is 0 Å². The van der Waals surface area contributed by atoms with Crippen LogP contribution in [-0.4, -0.2) is 24.0 Å². The Hall–Kier alpha value is -4.00. The Bertz CT molecular complexity index is 1100. The largest absolute Gasteiger partial charge is 0.497 e. The number of nitrogens with one attached hydrogen (secondary N) is 3. The van der Waals surface area contributed by atoms with Gasteiger partial charge < -0.3 is 26.1 Å². The summed E-state index contributed by atoms with van der Waals surface area (Å²) in [6.07, 6.45) is 3.66. The lowest BCUT2D eigenvalue weighted by atomic mass is 10.0. The van der Waals surface area contributed by atoms with Crippen molar-refractivity contribution >= 4 is 35.0 Å². The van der Waals surface area contributed by atoms with Crippen molar-refractivity contribution in [2.75, 3.05) is 17.7 Å². The van der Waals surface area contributed by atoms with Gasteiger partial charge in [-0.15, -0.1) is 0 Å². The number of carbonyl (C=O) groups is 2. The molecule has 0 aliphatic carbocycles. The molecule has 4 rings (SSSR count). The fourth-order valence-corrected chi connectivity index (χ4v) is 3.15. The first-order valence-corrected chi connectivity index (χ1v) is 8.60. The number of rotatable bonds is 4. The van der Waals surface area contributed by atoms with Gasteiger partial charge in [-0.3, -0.25) is 4.79 Å². The number of nitrogens with two attached hydrogens (primary N) is 1. The van der Waals surface area contributed by atoms with Gasteiger partial charge in [0.2, 0.25) is 0 Å². The van der Waals surface area contributed by atoms with Crippen molar-refractivity contribution in [3.05, 3.63) is 66.0 Å². The zero-order valence-electron chi connectivity index (χ0n) is 15.1. The third-order valence-corrected chi connectivity index (χ3v) is 4.50.